The summed E-state index contributed by atoms with van der Waals surface area (Å²) in [6.07, 6.45) is 8.21. The third kappa shape index (κ3) is 5.59. The Morgan fingerprint density at radius 1 is 0.897 bits per heavy atom. The molecule has 2 aliphatic rings. The van der Waals surface area contributed by atoms with Crippen LogP contribution in [0.15, 0.2) is 10.8 Å². The first-order valence-electron chi connectivity index (χ1n) is 11.5. The first-order chi connectivity index (χ1) is 13.5. The van der Waals surface area contributed by atoms with E-state index < -0.39 is 5.60 Å². The van der Waals surface area contributed by atoms with Gasteiger partial charge in [0.1, 0.15) is 0 Å². The van der Waals surface area contributed by atoms with Crippen LogP contribution < -0.4 is 0 Å². The van der Waals surface area contributed by atoms with Crippen molar-refractivity contribution in [3.05, 3.63) is 12.3 Å². The van der Waals surface area contributed by atoms with E-state index in [0.717, 1.165) is 57.8 Å². The summed E-state index contributed by atoms with van der Waals surface area (Å²) in [5, 5.41) is 18.3. The predicted octanol–water partition coefficient (Wildman–Crippen LogP) is 4.07. The van der Waals surface area contributed by atoms with Crippen molar-refractivity contribution in [2.45, 2.75) is 103 Å². The minimum absolute atomic E-state index is 0.197. The van der Waals surface area contributed by atoms with Crippen LogP contribution in [-0.2, 0) is 0 Å². The number of likely N-dealkylation sites (tertiary alicyclic amines) is 2. The number of hydrogen-bond acceptors (Lipinski definition) is 6. The second-order valence-corrected chi connectivity index (χ2v) is 11.1. The lowest BCUT2D eigenvalue weighted by atomic mass is 9.80. The van der Waals surface area contributed by atoms with Gasteiger partial charge in [0.25, 0.3) is 0 Å². The van der Waals surface area contributed by atoms with E-state index in [1.54, 1.807) is 0 Å². The molecule has 1 aromatic rings. The van der Waals surface area contributed by atoms with Crippen molar-refractivity contribution < 1.29 is 9.52 Å². The molecule has 3 rings (SSSR count). The molecule has 0 amide bonds. The van der Waals surface area contributed by atoms with E-state index >= 15 is 0 Å². The van der Waals surface area contributed by atoms with Crippen molar-refractivity contribution in [3.63, 3.8) is 0 Å². The average molecular weight is 407 g/mol. The van der Waals surface area contributed by atoms with Crippen LogP contribution in [0.4, 0.5) is 0 Å². The summed E-state index contributed by atoms with van der Waals surface area (Å²) in [7, 11) is 0. The second-order valence-electron chi connectivity index (χ2n) is 11.1. The Labute approximate surface area is 177 Å². The van der Waals surface area contributed by atoms with Gasteiger partial charge in [-0.05, 0) is 112 Å². The molecule has 0 radical (unpaired) electrons. The first-order valence-corrected chi connectivity index (χ1v) is 11.5. The number of hydrogen-bond donors (Lipinski definition) is 1. The van der Waals surface area contributed by atoms with Crippen molar-refractivity contribution in [3.8, 4) is 0 Å². The minimum atomic E-state index is -0.550. The van der Waals surface area contributed by atoms with Crippen LogP contribution in [0.2, 0.25) is 0 Å². The van der Waals surface area contributed by atoms with E-state index in [4.69, 9.17) is 4.42 Å². The summed E-state index contributed by atoms with van der Waals surface area (Å²) in [4.78, 5) is 5.30. The molecule has 2 aliphatic heterocycles. The Hall–Kier alpha value is -0.980. The van der Waals surface area contributed by atoms with E-state index in [9.17, 15) is 5.11 Å². The molecular formula is C23H42N4O2. The fraction of sp³-hybridized carbons (Fsp3) is 0.913. The molecule has 166 valence electrons. The Bertz CT molecular complexity index is 620. The summed E-state index contributed by atoms with van der Waals surface area (Å²) in [5.41, 5.74) is -0.155. The molecule has 29 heavy (non-hydrogen) atoms. The van der Waals surface area contributed by atoms with Crippen molar-refractivity contribution in [1.29, 1.82) is 0 Å². The fourth-order valence-electron chi connectivity index (χ4n) is 5.21. The lowest BCUT2D eigenvalue weighted by Crippen LogP contribution is -2.53. The molecule has 6 heteroatoms. The molecule has 0 aliphatic carbocycles. The second kappa shape index (κ2) is 8.64. The van der Waals surface area contributed by atoms with Crippen molar-refractivity contribution >= 4 is 0 Å². The van der Waals surface area contributed by atoms with Crippen LogP contribution in [0.5, 0.6) is 0 Å². The average Bonchev–Trinajstić information content (AvgIpc) is 3.21. The van der Waals surface area contributed by atoms with E-state index in [1.165, 1.54) is 19.2 Å². The Kier molecular flexibility index (Phi) is 6.76. The summed E-state index contributed by atoms with van der Waals surface area (Å²) in [6, 6.07) is 0. The summed E-state index contributed by atoms with van der Waals surface area (Å²) in [5.74, 6) is 1.64. The third-order valence-electron chi connectivity index (χ3n) is 7.78. The highest BCUT2D eigenvalue weighted by molar-refractivity contribution is 4.97. The Morgan fingerprint density at radius 3 is 1.79 bits per heavy atom. The Morgan fingerprint density at radius 2 is 1.38 bits per heavy atom. The smallest absolute Gasteiger partial charge is 0.219 e. The molecule has 0 unspecified atom stereocenters. The van der Waals surface area contributed by atoms with Crippen molar-refractivity contribution in [2.24, 2.45) is 5.92 Å². The Balaban J connectivity index is 1.48. The van der Waals surface area contributed by atoms with Crippen molar-refractivity contribution in [1.82, 2.24) is 20.0 Å². The van der Waals surface area contributed by atoms with Gasteiger partial charge < -0.3 is 9.52 Å². The normalized spacial score (nSPS) is 22.3. The number of nitrogens with zero attached hydrogens (tertiary/aromatic N) is 4. The summed E-state index contributed by atoms with van der Waals surface area (Å²) < 4.78 is 5.42. The quantitative estimate of drug-likeness (QED) is 0.736. The van der Waals surface area contributed by atoms with Gasteiger partial charge in [0.2, 0.25) is 12.3 Å². The van der Waals surface area contributed by atoms with Gasteiger partial charge in [-0.1, -0.05) is 0 Å². The monoisotopic (exact) mass is 406 g/mol. The number of piperidine rings is 2. The zero-order valence-electron chi connectivity index (χ0n) is 19.4. The van der Waals surface area contributed by atoms with Crippen LogP contribution in [0, 0.1) is 5.92 Å². The zero-order chi connectivity index (χ0) is 21.3. The van der Waals surface area contributed by atoms with Crippen LogP contribution in [0.25, 0.3) is 0 Å². The van der Waals surface area contributed by atoms with E-state index in [-0.39, 0.29) is 11.1 Å². The lowest BCUT2D eigenvalue weighted by molar-refractivity contribution is -0.0330. The van der Waals surface area contributed by atoms with Gasteiger partial charge in [-0.2, -0.15) is 0 Å². The van der Waals surface area contributed by atoms with E-state index in [1.807, 2.05) is 13.8 Å². The highest BCUT2D eigenvalue weighted by Gasteiger charge is 2.38. The van der Waals surface area contributed by atoms with Crippen LogP contribution in [0.3, 0.4) is 0 Å². The highest BCUT2D eigenvalue weighted by Crippen LogP contribution is 2.36. The summed E-state index contributed by atoms with van der Waals surface area (Å²) >= 11 is 0. The molecule has 6 nitrogen and oxygen atoms in total. The van der Waals surface area contributed by atoms with Gasteiger partial charge in [-0.3, -0.25) is 9.80 Å². The van der Waals surface area contributed by atoms with Crippen LogP contribution in [0.1, 0.15) is 91.9 Å². The molecule has 0 bridgehead atoms. The van der Waals surface area contributed by atoms with E-state index in [2.05, 4.69) is 47.7 Å². The fourth-order valence-corrected chi connectivity index (χ4v) is 5.21. The number of aromatic nitrogens is 2. The first kappa shape index (κ1) is 22.7. The summed E-state index contributed by atoms with van der Waals surface area (Å²) in [6.45, 7) is 17.9. The molecule has 3 heterocycles. The molecule has 0 saturated carbocycles. The maximum atomic E-state index is 10.3. The minimum Gasteiger partial charge on any atom is -0.428 e. The SMILES string of the molecule is CC(C)(O)C1CCN(C(C)(C)CCC(C)(C)N2CCC(c3nnco3)CC2)CC1. The predicted molar refractivity (Wildman–Crippen MR) is 116 cm³/mol. The third-order valence-corrected chi connectivity index (χ3v) is 7.78. The van der Waals surface area contributed by atoms with Crippen LogP contribution >= 0.6 is 0 Å². The molecule has 0 spiro atoms. The number of rotatable bonds is 7. The molecule has 2 fully saturated rings. The van der Waals surface area contributed by atoms with Gasteiger partial charge in [0, 0.05) is 17.0 Å². The molecular weight excluding hydrogens is 364 g/mol. The highest BCUT2D eigenvalue weighted by atomic mass is 16.4. The van der Waals surface area contributed by atoms with Gasteiger partial charge in [0.05, 0.1) is 5.60 Å². The van der Waals surface area contributed by atoms with Gasteiger partial charge >= 0.3 is 0 Å². The maximum Gasteiger partial charge on any atom is 0.219 e. The molecule has 0 atom stereocenters. The molecule has 0 aromatic carbocycles. The zero-order valence-corrected chi connectivity index (χ0v) is 19.4. The maximum absolute atomic E-state index is 10.3. The van der Waals surface area contributed by atoms with Gasteiger partial charge in [0.15, 0.2) is 0 Å². The lowest BCUT2D eigenvalue weighted by Gasteiger charge is -2.48. The van der Waals surface area contributed by atoms with Gasteiger partial charge in [-0.25, -0.2) is 0 Å². The molecule has 1 aromatic heterocycles. The van der Waals surface area contributed by atoms with E-state index in [0.29, 0.717) is 11.8 Å². The van der Waals surface area contributed by atoms with Gasteiger partial charge in [-0.15, -0.1) is 10.2 Å². The standard InChI is InChI=1S/C23H42N4O2/c1-21(2,26-13-7-18(8-14-26)20-25-24-17-29-20)11-12-22(3,4)27-15-9-19(10-16-27)23(5,6)28/h17-19,28H,7-16H2,1-6H3. The van der Waals surface area contributed by atoms with Crippen molar-refractivity contribution in [2.75, 3.05) is 26.2 Å². The largest absolute Gasteiger partial charge is 0.428 e. The topological polar surface area (TPSA) is 65.6 Å². The number of aliphatic hydroxyl groups is 1. The molecule has 1 N–H and O–H groups in total. The van der Waals surface area contributed by atoms with Crippen LogP contribution in [-0.4, -0.2) is 68.0 Å². The molecule has 2 saturated heterocycles.